The maximum Gasteiger partial charge on any atom is 0.274 e. The van der Waals surface area contributed by atoms with Gasteiger partial charge in [0.2, 0.25) is 0 Å². The van der Waals surface area contributed by atoms with Gasteiger partial charge in [0.1, 0.15) is 0 Å². The van der Waals surface area contributed by atoms with Crippen molar-refractivity contribution in [2.75, 3.05) is 5.32 Å². The van der Waals surface area contributed by atoms with E-state index in [1.807, 2.05) is 6.92 Å². The average Bonchev–Trinajstić information content (AvgIpc) is 3.11. The van der Waals surface area contributed by atoms with Gasteiger partial charge in [-0.1, -0.05) is 30.4 Å². The first-order chi connectivity index (χ1) is 12.5. The standard InChI is InChI=1S/C19H17N3O4/c1-11-9-12(21(23)24)10-16-13-6-4-7-14(13)19(20-18(11)16)15-5-2-3-8-17(15)22(25)26/h2-6,8-10,13-14,19-20H,7H2,1H3. The number of hydrogen-bond donors (Lipinski definition) is 1. The van der Waals surface area contributed by atoms with Gasteiger partial charge in [0.05, 0.1) is 21.5 Å². The Hall–Kier alpha value is -3.22. The largest absolute Gasteiger partial charge is 0.377 e. The summed E-state index contributed by atoms with van der Waals surface area (Å²) in [5, 5.41) is 26.2. The average molecular weight is 351 g/mol. The molecule has 26 heavy (non-hydrogen) atoms. The molecule has 2 aromatic rings. The lowest BCUT2D eigenvalue weighted by Gasteiger charge is -2.37. The van der Waals surface area contributed by atoms with Gasteiger partial charge < -0.3 is 5.32 Å². The van der Waals surface area contributed by atoms with Crippen molar-refractivity contribution in [1.82, 2.24) is 0 Å². The van der Waals surface area contributed by atoms with E-state index in [1.165, 1.54) is 6.07 Å². The van der Waals surface area contributed by atoms with Gasteiger partial charge in [-0.3, -0.25) is 20.2 Å². The number of benzene rings is 2. The number of para-hydroxylation sites is 1. The third-order valence-corrected chi connectivity index (χ3v) is 5.33. The number of allylic oxidation sites excluding steroid dienone is 2. The molecule has 2 aromatic carbocycles. The fraction of sp³-hybridized carbons (Fsp3) is 0.263. The number of nitro groups is 2. The summed E-state index contributed by atoms with van der Waals surface area (Å²) in [5.74, 6) is 0.0969. The summed E-state index contributed by atoms with van der Waals surface area (Å²) in [4.78, 5) is 22.0. The molecule has 0 fully saturated rings. The molecule has 1 heterocycles. The third kappa shape index (κ3) is 2.44. The zero-order valence-electron chi connectivity index (χ0n) is 14.1. The highest BCUT2D eigenvalue weighted by Gasteiger charge is 2.41. The smallest absolute Gasteiger partial charge is 0.274 e. The molecule has 0 radical (unpaired) electrons. The predicted octanol–water partition coefficient (Wildman–Crippen LogP) is 4.64. The Bertz CT molecular complexity index is 954. The zero-order chi connectivity index (χ0) is 18.4. The molecule has 3 unspecified atom stereocenters. The molecule has 0 bridgehead atoms. The lowest BCUT2D eigenvalue weighted by Crippen LogP contribution is -2.30. The number of fused-ring (bicyclic) bond motifs is 3. The summed E-state index contributed by atoms with van der Waals surface area (Å²) in [6, 6.07) is 9.73. The van der Waals surface area contributed by atoms with Crippen LogP contribution in [0.5, 0.6) is 0 Å². The van der Waals surface area contributed by atoms with Crippen LogP contribution in [0.1, 0.15) is 35.1 Å². The van der Waals surface area contributed by atoms with Crippen LogP contribution in [-0.2, 0) is 0 Å². The van der Waals surface area contributed by atoms with Crippen LogP contribution in [0.2, 0.25) is 0 Å². The second kappa shape index (κ2) is 5.94. The molecule has 1 aliphatic heterocycles. The van der Waals surface area contributed by atoms with Crippen LogP contribution >= 0.6 is 0 Å². The van der Waals surface area contributed by atoms with Gasteiger partial charge >= 0.3 is 0 Å². The van der Waals surface area contributed by atoms with Crippen LogP contribution in [0, 0.1) is 33.1 Å². The molecule has 0 spiro atoms. The highest BCUT2D eigenvalue weighted by molar-refractivity contribution is 5.68. The van der Waals surface area contributed by atoms with Crippen molar-refractivity contribution in [3.8, 4) is 0 Å². The number of nitrogens with zero attached hydrogens (tertiary/aromatic N) is 2. The lowest BCUT2D eigenvalue weighted by atomic mass is 9.76. The normalized spacial score (nSPS) is 23.0. The van der Waals surface area contributed by atoms with Gasteiger partial charge in [-0.15, -0.1) is 0 Å². The quantitative estimate of drug-likeness (QED) is 0.493. The maximum absolute atomic E-state index is 11.5. The van der Waals surface area contributed by atoms with Crippen LogP contribution in [0.25, 0.3) is 0 Å². The van der Waals surface area contributed by atoms with Crippen LogP contribution in [-0.4, -0.2) is 9.85 Å². The molecule has 7 heteroatoms. The van der Waals surface area contributed by atoms with E-state index in [4.69, 9.17) is 0 Å². The fourth-order valence-electron chi connectivity index (χ4n) is 4.20. The van der Waals surface area contributed by atoms with E-state index >= 15 is 0 Å². The number of anilines is 1. The number of rotatable bonds is 3. The van der Waals surface area contributed by atoms with Crippen molar-refractivity contribution in [2.24, 2.45) is 5.92 Å². The van der Waals surface area contributed by atoms with Crippen molar-refractivity contribution >= 4 is 17.1 Å². The fourth-order valence-corrected chi connectivity index (χ4v) is 4.20. The molecule has 0 amide bonds. The summed E-state index contributed by atoms with van der Waals surface area (Å²) < 4.78 is 0. The molecule has 132 valence electrons. The van der Waals surface area contributed by atoms with E-state index in [0.717, 1.165) is 23.2 Å². The van der Waals surface area contributed by atoms with Gasteiger partial charge in [0.25, 0.3) is 11.4 Å². The summed E-state index contributed by atoms with van der Waals surface area (Å²) in [7, 11) is 0. The highest BCUT2D eigenvalue weighted by Crippen LogP contribution is 2.52. The van der Waals surface area contributed by atoms with Crippen LogP contribution < -0.4 is 5.32 Å². The number of aryl methyl sites for hydroxylation is 1. The maximum atomic E-state index is 11.5. The second-order valence-corrected chi connectivity index (χ2v) is 6.78. The Morgan fingerprint density at radius 1 is 1.08 bits per heavy atom. The molecule has 0 saturated heterocycles. The van der Waals surface area contributed by atoms with Gasteiger partial charge in [-0.2, -0.15) is 0 Å². The number of hydrogen-bond acceptors (Lipinski definition) is 5. The van der Waals surface area contributed by atoms with Crippen molar-refractivity contribution in [3.63, 3.8) is 0 Å². The SMILES string of the molecule is Cc1cc([N+](=O)[O-])cc2c1NC(c1ccccc1[N+](=O)[O-])C1CC=CC21. The lowest BCUT2D eigenvalue weighted by molar-refractivity contribution is -0.385. The Morgan fingerprint density at radius 3 is 2.58 bits per heavy atom. The van der Waals surface area contributed by atoms with Gasteiger partial charge in [0, 0.05) is 29.8 Å². The summed E-state index contributed by atoms with van der Waals surface area (Å²) >= 11 is 0. The predicted molar refractivity (Wildman–Crippen MR) is 97.3 cm³/mol. The Morgan fingerprint density at radius 2 is 1.85 bits per heavy atom. The number of nitro benzene ring substituents is 2. The molecule has 0 aromatic heterocycles. The van der Waals surface area contributed by atoms with Crippen molar-refractivity contribution in [2.45, 2.75) is 25.3 Å². The highest BCUT2D eigenvalue weighted by atomic mass is 16.6. The molecule has 7 nitrogen and oxygen atoms in total. The van der Waals surface area contributed by atoms with E-state index < -0.39 is 0 Å². The molecule has 0 saturated carbocycles. The van der Waals surface area contributed by atoms with Crippen LogP contribution in [0.15, 0.2) is 48.6 Å². The van der Waals surface area contributed by atoms with E-state index in [1.54, 1.807) is 30.3 Å². The Balaban J connectivity index is 1.86. The number of non-ortho nitro benzene ring substituents is 1. The molecule has 2 aliphatic rings. The minimum Gasteiger partial charge on any atom is -0.377 e. The molecule has 3 atom stereocenters. The van der Waals surface area contributed by atoms with Gasteiger partial charge in [0.15, 0.2) is 0 Å². The van der Waals surface area contributed by atoms with Crippen molar-refractivity contribution < 1.29 is 9.85 Å². The van der Waals surface area contributed by atoms with E-state index in [-0.39, 0.29) is 39.1 Å². The first kappa shape index (κ1) is 16.3. The van der Waals surface area contributed by atoms with Crippen LogP contribution in [0.4, 0.5) is 17.1 Å². The van der Waals surface area contributed by atoms with E-state index in [9.17, 15) is 20.2 Å². The monoisotopic (exact) mass is 351 g/mol. The summed E-state index contributed by atoms with van der Waals surface area (Å²) in [6.45, 7) is 1.83. The van der Waals surface area contributed by atoms with E-state index in [0.29, 0.717) is 5.56 Å². The van der Waals surface area contributed by atoms with Crippen LogP contribution in [0.3, 0.4) is 0 Å². The topological polar surface area (TPSA) is 98.3 Å². The first-order valence-electron chi connectivity index (χ1n) is 8.43. The van der Waals surface area contributed by atoms with Crippen molar-refractivity contribution in [1.29, 1.82) is 0 Å². The molecule has 1 aliphatic carbocycles. The second-order valence-electron chi connectivity index (χ2n) is 6.78. The van der Waals surface area contributed by atoms with Gasteiger partial charge in [-0.25, -0.2) is 0 Å². The Labute approximate surface area is 149 Å². The van der Waals surface area contributed by atoms with Gasteiger partial charge in [-0.05, 0) is 30.4 Å². The molecule has 1 N–H and O–H groups in total. The minimum absolute atomic E-state index is 0.00894. The Kier molecular flexibility index (Phi) is 3.72. The third-order valence-electron chi connectivity index (χ3n) is 5.33. The summed E-state index contributed by atoms with van der Waals surface area (Å²) in [6.07, 6.45) is 4.90. The minimum atomic E-state index is -0.380. The molecular weight excluding hydrogens is 334 g/mol. The zero-order valence-corrected chi connectivity index (χ0v) is 14.1. The van der Waals surface area contributed by atoms with E-state index in [2.05, 4.69) is 17.5 Å². The first-order valence-corrected chi connectivity index (χ1v) is 8.43. The number of nitrogens with one attached hydrogen (secondary N) is 1. The summed E-state index contributed by atoms with van der Waals surface area (Å²) in [5.41, 5.74) is 3.33. The molecule has 4 rings (SSSR count). The van der Waals surface area contributed by atoms with Crippen molar-refractivity contribution in [3.05, 3.63) is 85.5 Å². The molecular formula is C19H17N3O4.